The van der Waals surface area contributed by atoms with E-state index in [0.29, 0.717) is 6.61 Å². The topological polar surface area (TPSA) is 131 Å². The van der Waals surface area contributed by atoms with Gasteiger partial charge >= 0.3 is 11.9 Å². The summed E-state index contributed by atoms with van der Waals surface area (Å²) < 4.78 is 5.78. The molecule has 0 aromatic heterocycles. The van der Waals surface area contributed by atoms with E-state index in [4.69, 9.17) is 25.2 Å². The Hall–Kier alpha value is -3.92. The number of carboxylic acids is 2. The first-order valence-electron chi connectivity index (χ1n) is 12.2. The van der Waals surface area contributed by atoms with Crippen molar-refractivity contribution in [1.82, 2.24) is 4.90 Å². The van der Waals surface area contributed by atoms with Crippen molar-refractivity contribution in [3.05, 3.63) is 96.1 Å². The van der Waals surface area contributed by atoms with Crippen LogP contribution >= 0.6 is 0 Å². The van der Waals surface area contributed by atoms with Crippen LogP contribution in [0.15, 0.2) is 84.9 Å². The summed E-state index contributed by atoms with van der Waals surface area (Å²) >= 11 is 0. The first kappa shape index (κ1) is 30.3. The molecule has 0 aliphatic carbocycles. The second-order valence-corrected chi connectivity index (χ2v) is 8.80. The summed E-state index contributed by atoms with van der Waals surface area (Å²) in [5.74, 6) is -2.63. The smallest absolute Gasteiger partial charge is 0.335 e. The number of aliphatic hydroxyl groups excluding tert-OH is 2. The minimum absolute atomic E-state index is 0.230. The highest BCUT2D eigenvalue weighted by Gasteiger charge is 2.29. The second kappa shape index (κ2) is 15.4. The fraction of sp³-hybridized carbons (Fsp3) is 0.310. The number of rotatable bonds is 12. The molecular weight excluding hydrogens is 488 g/mol. The molecule has 0 heterocycles. The lowest BCUT2D eigenvalue weighted by molar-refractivity contribution is -0.165. The van der Waals surface area contributed by atoms with E-state index >= 15 is 0 Å². The van der Waals surface area contributed by atoms with Crippen LogP contribution in [0.1, 0.15) is 24.1 Å². The molecule has 0 amide bonds. The molecule has 0 spiro atoms. The average molecular weight is 525 g/mol. The largest absolute Gasteiger partial charge is 0.494 e. The molecule has 9 heteroatoms. The Balaban J connectivity index is 0.000000432. The van der Waals surface area contributed by atoms with Crippen molar-refractivity contribution in [3.63, 3.8) is 0 Å². The van der Waals surface area contributed by atoms with E-state index in [1.165, 1.54) is 16.8 Å². The Morgan fingerprint density at radius 2 is 1.37 bits per heavy atom. The van der Waals surface area contributed by atoms with Gasteiger partial charge in [-0.3, -0.25) is 0 Å². The summed E-state index contributed by atoms with van der Waals surface area (Å²) in [6.45, 7) is 4.45. The molecular formula is C29H36N2O7. The molecule has 0 saturated carbocycles. The van der Waals surface area contributed by atoms with Gasteiger partial charge in [0.25, 0.3) is 0 Å². The number of carboxylic acid groups (broad SMARTS) is 2. The minimum atomic E-state index is -2.27. The van der Waals surface area contributed by atoms with Gasteiger partial charge in [0.15, 0.2) is 12.2 Å². The summed E-state index contributed by atoms with van der Waals surface area (Å²) in [5, 5.41) is 32.5. The van der Waals surface area contributed by atoms with Gasteiger partial charge in [0.2, 0.25) is 0 Å². The number of hydrogen-bond donors (Lipinski definition) is 4. The molecule has 0 radical (unpaired) electrons. The van der Waals surface area contributed by atoms with Crippen LogP contribution in [0.5, 0.6) is 5.75 Å². The van der Waals surface area contributed by atoms with Gasteiger partial charge in [-0.25, -0.2) is 9.59 Å². The Kier molecular flexibility index (Phi) is 12.2. The zero-order valence-corrected chi connectivity index (χ0v) is 21.8. The lowest BCUT2D eigenvalue weighted by Crippen LogP contribution is -2.39. The van der Waals surface area contributed by atoms with Crippen molar-refractivity contribution >= 4 is 17.6 Å². The van der Waals surface area contributed by atoms with Crippen LogP contribution < -0.4 is 9.64 Å². The zero-order valence-electron chi connectivity index (χ0n) is 21.8. The van der Waals surface area contributed by atoms with Gasteiger partial charge in [0.1, 0.15) is 5.75 Å². The number of benzene rings is 3. The molecule has 4 N–H and O–H groups in total. The number of carbonyl (C=O) groups is 2. The fourth-order valence-electron chi connectivity index (χ4n) is 3.76. The fourth-order valence-corrected chi connectivity index (χ4v) is 3.76. The Morgan fingerprint density at radius 1 is 0.816 bits per heavy atom. The lowest BCUT2D eigenvalue weighted by Gasteiger charge is -2.36. The van der Waals surface area contributed by atoms with Crippen LogP contribution in [0, 0.1) is 0 Å². The standard InChI is InChI=1S/C25H30N2O.C4H6O6/c1-4-28-24-17-11-16-23(18-24)27(19-21-12-7-5-8-13-21)25(20-26(2)3)22-14-9-6-10-15-22;5-1(3(7)8)2(6)4(9)10/h5-18,25H,4,19-20H2,1-3H3;1-2,5-6H,(H,7,8)(H,9,10). The molecule has 3 aromatic rings. The van der Waals surface area contributed by atoms with Crippen molar-refractivity contribution in [2.75, 3.05) is 32.1 Å². The molecule has 0 aliphatic rings. The van der Waals surface area contributed by atoms with E-state index in [1.54, 1.807) is 0 Å². The SMILES string of the molecule is CCOc1cccc(N(Cc2ccccc2)C(CN(C)C)c2ccccc2)c1.O=C(O)C(O)C(O)C(=O)O. The Morgan fingerprint density at radius 3 is 1.87 bits per heavy atom. The van der Waals surface area contributed by atoms with Crippen LogP contribution in [0.4, 0.5) is 5.69 Å². The van der Waals surface area contributed by atoms with Crippen molar-refractivity contribution in [2.24, 2.45) is 0 Å². The van der Waals surface area contributed by atoms with Gasteiger partial charge in [0.05, 0.1) is 12.6 Å². The molecule has 3 unspecified atom stereocenters. The number of aliphatic carboxylic acids is 2. The van der Waals surface area contributed by atoms with Crippen LogP contribution in [-0.4, -0.2) is 76.7 Å². The highest BCUT2D eigenvalue weighted by molar-refractivity contribution is 5.83. The van der Waals surface area contributed by atoms with E-state index in [-0.39, 0.29) is 6.04 Å². The molecule has 38 heavy (non-hydrogen) atoms. The first-order valence-corrected chi connectivity index (χ1v) is 12.2. The highest BCUT2D eigenvalue weighted by Crippen LogP contribution is 2.32. The molecule has 204 valence electrons. The number of ether oxygens (including phenoxy) is 1. The van der Waals surface area contributed by atoms with E-state index in [9.17, 15) is 9.59 Å². The van der Waals surface area contributed by atoms with E-state index in [0.717, 1.165) is 18.8 Å². The van der Waals surface area contributed by atoms with Crippen molar-refractivity contribution in [3.8, 4) is 5.75 Å². The summed E-state index contributed by atoms with van der Waals surface area (Å²) in [4.78, 5) is 24.3. The molecule has 3 atom stereocenters. The quantitative estimate of drug-likeness (QED) is 0.282. The lowest BCUT2D eigenvalue weighted by atomic mass is 10.0. The molecule has 9 nitrogen and oxygen atoms in total. The molecule has 0 bridgehead atoms. The number of aliphatic hydroxyl groups is 2. The molecule has 0 aliphatic heterocycles. The number of hydrogen-bond acceptors (Lipinski definition) is 7. The van der Waals surface area contributed by atoms with Crippen molar-refractivity contribution in [1.29, 1.82) is 0 Å². The molecule has 3 aromatic carbocycles. The monoisotopic (exact) mass is 524 g/mol. The van der Waals surface area contributed by atoms with E-state index < -0.39 is 24.1 Å². The van der Waals surface area contributed by atoms with E-state index in [1.807, 2.05) is 13.0 Å². The maximum atomic E-state index is 9.77. The van der Waals surface area contributed by atoms with Gasteiger partial charge in [-0.1, -0.05) is 66.7 Å². The number of likely N-dealkylation sites (N-methyl/N-ethyl adjacent to an activating group) is 1. The van der Waals surface area contributed by atoms with E-state index in [2.05, 4.69) is 103 Å². The normalized spacial score (nSPS) is 13.0. The minimum Gasteiger partial charge on any atom is -0.494 e. The highest BCUT2D eigenvalue weighted by atomic mass is 16.5. The molecule has 0 saturated heterocycles. The summed E-state index contributed by atoms with van der Waals surface area (Å²) in [6.07, 6.45) is -4.53. The summed E-state index contributed by atoms with van der Waals surface area (Å²) in [6, 6.07) is 30.1. The first-order chi connectivity index (χ1) is 18.1. The van der Waals surface area contributed by atoms with Gasteiger partial charge in [-0.05, 0) is 44.3 Å². The predicted octanol–water partition coefficient (Wildman–Crippen LogP) is 3.27. The van der Waals surface area contributed by atoms with Crippen LogP contribution in [0.3, 0.4) is 0 Å². The van der Waals surface area contributed by atoms with Crippen molar-refractivity contribution < 1.29 is 34.8 Å². The van der Waals surface area contributed by atoms with Crippen LogP contribution in [0.2, 0.25) is 0 Å². The van der Waals surface area contributed by atoms with Crippen LogP contribution in [-0.2, 0) is 16.1 Å². The zero-order chi connectivity index (χ0) is 28.1. The van der Waals surface area contributed by atoms with Gasteiger partial charge in [-0.15, -0.1) is 0 Å². The number of nitrogens with zero attached hydrogens (tertiary/aromatic N) is 2. The van der Waals surface area contributed by atoms with Gasteiger partial charge in [-0.2, -0.15) is 0 Å². The summed E-state index contributed by atoms with van der Waals surface area (Å²) in [5.41, 5.74) is 3.78. The number of anilines is 1. The maximum Gasteiger partial charge on any atom is 0.335 e. The predicted molar refractivity (Wildman–Crippen MR) is 145 cm³/mol. The maximum absolute atomic E-state index is 9.77. The second-order valence-electron chi connectivity index (χ2n) is 8.80. The average Bonchev–Trinajstić information content (AvgIpc) is 2.91. The van der Waals surface area contributed by atoms with Crippen molar-refractivity contribution in [2.45, 2.75) is 31.7 Å². The Bertz CT molecular complexity index is 1110. The Labute approximate surface area is 223 Å². The van der Waals surface area contributed by atoms with Gasteiger partial charge < -0.3 is 35.0 Å². The third kappa shape index (κ3) is 9.51. The third-order valence-corrected chi connectivity index (χ3v) is 5.56. The van der Waals surface area contributed by atoms with Gasteiger partial charge in [0, 0.05) is 24.8 Å². The third-order valence-electron chi connectivity index (χ3n) is 5.56. The van der Waals surface area contributed by atoms with Crippen LogP contribution in [0.25, 0.3) is 0 Å². The molecule has 0 fully saturated rings. The summed E-state index contributed by atoms with van der Waals surface area (Å²) in [7, 11) is 4.26. The molecule has 3 rings (SSSR count).